The van der Waals surface area contributed by atoms with Crippen LogP contribution in [0, 0.1) is 0 Å². The lowest BCUT2D eigenvalue weighted by atomic mass is 10.1. The molecule has 2 rings (SSSR count). The lowest BCUT2D eigenvalue weighted by Gasteiger charge is -2.26. The summed E-state index contributed by atoms with van der Waals surface area (Å²) in [6.45, 7) is 0.676. The molecule has 1 aromatic carbocycles. The second kappa shape index (κ2) is 7.49. The molecule has 0 aromatic heterocycles. The molecule has 5 nitrogen and oxygen atoms in total. The number of nitrogens with zero attached hydrogens (tertiary/aromatic N) is 1. The first kappa shape index (κ1) is 16.6. The van der Waals surface area contributed by atoms with Crippen LogP contribution in [0.25, 0.3) is 0 Å². The predicted octanol–water partition coefficient (Wildman–Crippen LogP) is 2.02. The van der Waals surface area contributed by atoms with E-state index in [1.165, 1.54) is 4.90 Å². The molecule has 0 spiro atoms. The summed E-state index contributed by atoms with van der Waals surface area (Å²) < 4.78 is 5.26. The number of carbonyl (C=O) groups is 2. The number of nitrogens with one attached hydrogen (secondary N) is 1. The Kier molecular flexibility index (Phi) is 5.66. The highest BCUT2D eigenvalue weighted by Crippen LogP contribution is 2.27. The van der Waals surface area contributed by atoms with Crippen molar-refractivity contribution in [2.45, 2.75) is 31.7 Å². The Morgan fingerprint density at radius 2 is 2.23 bits per heavy atom. The van der Waals surface area contributed by atoms with Crippen LogP contribution in [0.1, 0.15) is 24.8 Å². The highest BCUT2D eigenvalue weighted by atomic mass is 35.5. The number of methoxy groups -OCH3 is 1. The number of carbonyl (C=O) groups excluding carboxylic acids is 2. The third-order valence-corrected chi connectivity index (χ3v) is 4.35. The molecule has 1 saturated heterocycles. The third-order valence-electron chi connectivity index (χ3n) is 3.99. The van der Waals surface area contributed by atoms with Crippen molar-refractivity contribution >= 4 is 23.4 Å². The highest BCUT2D eigenvalue weighted by Gasteiger charge is 2.28. The minimum absolute atomic E-state index is 0.0838. The fraction of sp³-hybridized carbons (Fsp3) is 0.500. The average Bonchev–Trinajstić information content (AvgIpc) is 2.73. The molecule has 0 bridgehead atoms. The summed E-state index contributed by atoms with van der Waals surface area (Å²) in [4.78, 5) is 26.1. The first-order chi connectivity index (χ1) is 10.5. The number of ether oxygens (including phenoxy) is 1. The van der Waals surface area contributed by atoms with E-state index in [-0.39, 0.29) is 18.2 Å². The van der Waals surface area contributed by atoms with Crippen molar-refractivity contribution in [1.29, 1.82) is 0 Å². The van der Waals surface area contributed by atoms with Gasteiger partial charge in [-0.3, -0.25) is 9.59 Å². The molecule has 2 amide bonds. The number of benzene rings is 1. The maximum atomic E-state index is 12.5. The van der Waals surface area contributed by atoms with Gasteiger partial charge in [0, 0.05) is 24.2 Å². The third kappa shape index (κ3) is 3.71. The normalized spacial score (nSPS) is 18.3. The molecule has 1 aromatic rings. The topological polar surface area (TPSA) is 58.6 Å². The van der Waals surface area contributed by atoms with Crippen LogP contribution in [-0.2, 0) is 16.0 Å². The summed E-state index contributed by atoms with van der Waals surface area (Å²) in [6, 6.07) is 4.86. The van der Waals surface area contributed by atoms with Crippen molar-refractivity contribution in [2.75, 3.05) is 20.7 Å². The molecule has 0 saturated carbocycles. The zero-order valence-corrected chi connectivity index (χ0v) is 13.7. The van der Waals surface area contributed by atoms with Gasteiger partial charge in [-0.25, -0.2) is 0 Å². The first-order valence-electron chi connectivity index (χ1n) is 7.39. The number of halogens is 1. The van der Waals surface area contributed by atoms with Gasteiger partial charge >= 0.3 is 0 Å². The van der Waals surface area contributed by atoms with E-state index in [2.05, 4.69) is 5.32 Å². The lowest BCUT2D eigenvalue weighted by Crippen LogP contribution is -2.47. The fourth-order valence-electron chi connectivity index (χ4n) is 2.64. The fourth-order valence-corrected chi connectivity index (χ4v) is 2.88. The maximum absolute atomic E-state index is 12.5. The number of hydrogen-bond acceptors (Lipinski definition) is 3. The Hall–Kier alpha value is -1.75. The minimum Gasteiger partial charge on any atom is -0.496 e. The van der Waals surface area contributed by atoms with E-state index in [1.807, 2.05) is 0 Å². The van der Waals surface area contributed by atoms with Gasteiger partial charge in [0.1, 0.15) is 11.8 Å². The van der Waals surface area contributed by atoms with E-state index in [1.54, 1.807) is 32.4 Å². The second-order valence-electron chi connectivity index (χ2n) is 5.40. The summed E-state index contributed by atoms with van der Waals surface area (Å²) >= 11 is 6.17. The Bertz CT molecular complexity index is 562. The number of likely N-dealkylation sites (N-methyl/N-ethyl adjacent to an activating group) is 1. The Balaban J connectivity index is 2.13. The van der Waals surface area contributed by atoms with Crippen molar-refractivity contribution in [3.63, 3.8) is 0 Å². The first-order valence-corrected chi connectivity index (χ1v) is 7.77. The predicted molar refractivity (Wildman–Crippen MR) is 85.1 cm³/mol. The molecular formula is C16H21ClN2O3. The Morgan fingerprint density at radius 1 is 1.45 bits per heavy atom. The average molecular weight is 325 g/mol. The van der Waals surface area contributed by atoms with Crippen LogP contribution in [0.3, 0.4) is 0 Å². The van der Waals surface area contributed by atoms with Crippen LogP contribution in [-0.4, -0.2) is 43.5 Å². The van der Waals surface area contributed by atoms with Gasteiger partial charge in [0.25, 0.3) is 0 Å². The van der Waals surface area contributed by atoms with Crippen molar-refractivity contribution in [3.8, 4) is 5.75 Å². The Morgan fingerprint density at radius 3 is 2.95 bits per heavy atom. The molecule has 120 valence electrons. The minimum atomic E-state index is -0.413. The lowest BCUT2D eigenvalue weighted by molar-refractivity contribution is -0.138. The largest absolute Gasteiger partial charge is 0.496 e. The molecule has 0 unspecified atom stereocenters. The van der Waals surface area contributed by atoms with Crippen LogP contribution >= 0.6 is 11.6 Å². The number of hydrogen-bond donors (Lipinski definition) is 1. The van der Waals surface area contributed by atoms with Crippen LogP contribution < -0.4 is 10.1 Å². The van der Waals surface area contributed by atoms with E-state index in [4.69, 9.17) is 16.3 Å². The van der Waals surface area contributed by atoms with Gasteiger partial charge in [-0.1, -0.05) is 17.7 Å². The van der Waals surface area contributed by atoms with Crippen molar-refractivity contribution in [1.82, 2.24) is 10.2 Å². The summed E-state index contributed by atoms with van der Waals surface area (Å²) in [5.41, 5.74) is 0.651. The van der Waals surface area contributed by atoms with Gasteiger partial charge in [-0.05, 0) is 31.4 Å². The summed E-state index contributed by atoms with van der Waals surface area (Å²) in [5.74, 6) is 0.354. The van der Waals surface area contributed by atoms with Crippen LogP contribution in [0.5, 0.6) is 5.75 Å². The molecule has 22 heavy (non-hydrogen) atoms. The standard InChI is InChI=1S/C16H21ClN2O3/c1-19(13-7-3-4-9-18-16(13)21)15(20)10-11-12(17)6-5-8-14(11)22-2/h5-6,8,13H,3-4,7,9-10H2,1-2H3,(H,18,21)/t13-/m1/s1. The second-order valence-corrected chi connectivity index (χ2v) is 5.81. The Labute approximate surface area is 135 Å². The van der Waals surface area contributed by atoms with Gasteiger partial charge in [-0.15, -0.1) is 0 Å². The van der Waals surface area contributed by atoms with Crippen LogP contribution in [0.4, 0.5) is 0 Å². The molecule has 1 atom stereocenters. The van der Waals surface area contributed by atoms with E-state index in [0.717, 1.165) is 12.8 Å². The van der Waals surface area contributed by atoms with Gasteiger partial charge in [0.2, 0.25) is 11.8 Å². The zero-order chi connectivity index (χ0) is 16.1. The number of amides is 2. The molecule has 6 heteroatoms. The van der Waals surface area contributed by atoms with Crippen molar-refractivity contribution in [3.05, 3.63) is 28.8 Å². The molecule has 1 heterocycles. The van der Waals surface area contributed by atoms with Gasteiger partial charge in [-0.2, -0.15) is 0 Å². The van der Waals surface area contributed by atoms with E-state index in [0.29, 0.717) is 29.3 Å². The molecule has 1 aliphatic heterocycles. The van der Waals surface area contributed by atoms with E-state index >= 15 is 0 Å². The van der Waals surface area contributed by atoms with Crippen molar-refractivity contribution < 1.29 is 14.3 Å². The molecule has 0 radical (unpaired) electrons. The summed E-state index contributed by atoms with van der Waals surface area (Å²) in [7, 11) is 3.21. The highest BCUT2D eigenvalue weighted by molar-refractivity contribution is 6.31. The quantitative estimate of drug-likeness (QED) is 0.921. The summed E-state index contributed by atoms with van der Waals surface area (Å²) in [6.07, 6.45) is 2.68. The molecule has 1 fully saturated rings. The maximum Gasteiger partial charge on any atom is 0.242 e. The zero-order valence-electron chi connectivity index (χ0n) is 12.9. The van der Waals surface area contributed by atoms with Crippen molar-refractivity contribution in [2.24, 2.45) is 0 Å². The summed E-state index contributed by atoms with van der Waals surface area (Å²) in [5, 5.41) is 3.34. The smallest absolute Gasteiger partial charge is 0.242 e. The number of rotatable bonds is 4. The van der Waals surface area contributed by atoms with Gasteiger partial charge in [0.05, 0.1) is 13.5 Å². The molecule has 0 aliphatic carbocycles. The molecular weight excluding hydrogens is 304 g/mol. The SMILES string of the molecule is COc1cccc(Cl)c1CC(=O)N(C)[C@@H]1CCCCNC1=O. The van der Waals surface area contributed by atoms with E-state index < -0.39 is 6.04 Å². The molecule has 1 N–H and O–H groups in total. The van der Waals surface area contributed by atoms with Gasteiger partial charge in [0.15, 0.2) is 0 Å². The van der Waals surface area contributed by atoms with Crippen LogP contribution in [0.2, 0.25) is 5.02 Å². The monoisotopic (exact) mass is 324 g/mol. The van der Waals surface area contributed by atoms with E-state index in [9.17, 15) is 9.59 Å². The van der Waals surface area contributed by atoms with Crippen LogP contribution in [0.15, 0.2) is 18.2 Å². The van der Waals surface area contributed by atoms with Gasteiger partial charge < -0.3 is 15.0 Å². The molecule has 1 aliphatic rings.